The maximum atomic E-state index is 12.7. The Morgan fingerprint density at radius 2 is 1.96 bits per heavy atom. The van der Waals surface area contributed by atoms with E-state index in [-0.39, 0.29) is 16.6 Å². The number of aromatic nitrogens is 1. The number of oxazole rings is 1. The number of carbonyl (C=O) groups excluding carboxylic acids is 1. The minimum Gasteiger partial charge on any atom is -0.444 e. The third kappa shape index (κ3) is 3.77. The van der Waals surface area contributed by atoms with E-state index in [9.17, 15) is 9.00 Å². The molecule has 1 aliphatic heterocycles. The van der Waals surface area contributed by atoms with Gasteiger partial charge in [0.2, 0.25) is 0 Å². The van der Waals surface area contributed by atoms with Gasteiger partial charge in [-0.05, 0) is 45.7 Å². The van der Waals surface area contributed by atoms with Crippen molar-refractivity contribution in [3.63, 3.8) is 0 Å². The Hall–Kier alpha value is -1.89. The number of amides is 1. The molecule has 1 atom stereocenters. The third-order valence-corrected chi connectivity index (χ3v) is 5.44. The lowest BCUT2D eigenvalue weighted by Gasteiger charge is -2.32. The Morgan fingerprint density at radius 1 is 1.29 bits per heavy atom. The summed E-state index contributed by atoms with van der Waals surface area (Å²) in [5.41, 5.74) is 0.855. The highest BCUT2D eigenvalue weighted by Crippen LogP contribution is 2.24. The molecule has 1 aromatic heterocycles. The number of rotatable bonds is 2. The van der Waals surface area contributed by atoms with Crippen molar-refractivity contribution in [2.24, 2.45) is 0 Å². The summed E-state index contributed by atoms with van der Waals surface area (Å²) in [4.78, 5) is 18.1. The Bertz CT molecular complexity index is 724. The largest absolute Gasteiger partial charge is 0.444 e. The molecule has 130 valence electrons. The summed E-state index contributed by atoms with van der Waals surface area (Å²) < 4.78 is 23.7. The minimum absolute atomic E-state index is 0.0586. The molecule has 0 saturated carbocycles. The van der Waals surface area contributed by atoms with Crippen molar-refractivity contribution in [3.8, 4) is 0 Å². The molecular formula is C17H22N2O4S. The number of hydrogen-bond acceptors (Lipinski definition) is 5. The van der Waals surface area contributed by atoms with E-state index in [4.69, 9.17) is 9.15 Å². The molecule has 6 nitrogen and oxygen atoms in total. The Labute approximate surface area is 143 Å². The van der Waals surface area contributed by atoms with E-state index < -0.39 is 16.4 Å². The molecule has 2 aromatic rings. The van der Waals surface area contributed by atoms with Crippen LogP contribution in [-0.2, 0) is 15.5 Å². The summed E-state index contributed by atoms with van der Waals surface area (Å²) in [6.07, 6.45) is 0.975. The quantitative estimate of drug-likeness (QED) is 0.830. The van der Waals surface area contributed by atoms with Crippen LogP contribution in [0.4, 0.5) is 4.79 Å². The standard InChI is InChI=1S/C17H22N2O4S/c1-17(2,3)23-16(20)19-10-8-12(9-11-19)24(21)15-18-13-6-4-5-7-14(13)22-15/h4-7,12H,8-11H2,1-3H3/t24-/m0/s1. The van der Waals surface area contributed by atoms with Gasteiger partial charge in [0, 0.05) is 18.3 Å². The van der Waals surface area contributed by atoms with Crippen LogP contribution in [0, 0.1) is 0 Å². The zero-order valence-corrected chi connectivity index (χ0v) is 15.0. The first-order valence-electron chi connectivity index (χ1n) is 8.07. The summed E-state index contributed by atoms with van der Waals surface area (Å²) in [5.74, 6) is 0. The fourth-order valence-electron chi connectivity index (χ4n) is 2.66. The second kappa shape index (κ2) is 6.55. The molecule has 0 bridgehead atoms. The van der Waals surface area contributed by atoms with Crippen molar-refractivity contribution < 1.29 is 18.2 Å². The Balaban J connectivity index is 1.62. The van der Waals surface area contributed by atoms with Gasteiger partial charge in [-0.3, -0.25) is 0 Å². The SMILES string of the molecule is CC(C)(C)OC(=O)N1CCC([S@](=O)c2nc3ccccc3o2)CC1. The first-order chi connectivity index (χ1) is 11.3. The molecule has 1 saturated heterocycles. The molecule has 1 aliphatic rings. The van der Waals surface area contributed by atoms with Crippen LogP contribution in [-0.4, -0.2) is 44.1 Å². The molecule has 1 aromatic carbocycles. The van der Waals surface area contributed by atoms with Gasteiger partial charge in [0.25, 0.3) is 5.22 Å². The highest BCUT2D eigenvalue weighted by molar-refractivity contribution is 7.85. The van der Waals surface area contributed by atoms with E-state index >= 15 is 0 Å². The molecule has 3 rings (SSSR count). The molecule has 7 heteroatoms. The van der Waals surface area contributed by atoms with Gasteiger partial charge < -0.3 is 14.1 Å². The summed E-state index contributed by atoms with van der Waals surface area (Å²) in [6, 6.07) is 7.38. The van der Waals surface area contributed by atoms with Crippen LogP contribution >= 0.6 is 0 Å². The van der Waals surface area contributed by atoms with Gasteiger partial charge in [-0.2, -0.15) is 0 Å². The van der Waals surface area contributed by atoms with Crippen molar-refractivity contribution in [1.82, 2.24) is 9.88 Å². The number of fused-ring (bicyclic) bond motifs is 1. The van der Waals surface area contributed by atoms with Gasteiger partial charge in [-0.15, -0.1) is 0 Å². The highest BCUT2D eigenvalue weighted by Gasteiger charge is 2.31. The second-order valence-corrected chi connectivity index (χ2v) is 8.52. The molecular weight excluding hydrogens is 328 g/mol. The monoisotopic (exact) mass is 350 g/mol. The molecule has 0 unspecified atom stereocenters. The van der Waals surface area contributed by atoms with Gasteiger partial charge in [-0.1, -0.05) is 12.1 Å². The maximum absolute atomic E-state index is 12.7. The summed E-state index contributed by atoms with van der Waals surface area (Å²) in [5, 5.41) is 0.212. The average molecular weight is 350 g/mol. The van der Waals surface area contributed by atoms with Crippen molar-refractivity contribution >= 4 is 28.0 Å². The van der Waals surface area contributed by atoms with E-state index in [0.717, 1.165) is 0 Å². The van der Waals surface area contributed by atoms with Crippen LogP contribution in [0.3, 0.4) is 0 Å². The molecule has 0 aliphatic carbocycles. The van der Waals surface area contributed by atoms with Crippen molar-refractivity contribution in [2.75, 3.05) is 13.1 Å². The van der Waals surface area contributed by atoms with Gasteiger partial charge in [-0.25, -0.2) is 14.0 Å². The number of para-hydroxylation sites is 2. The number of likely N-dealkylation sites (tertiary alicyclic amines) is 1. The fraction of sp³-hybridized carbons (Fsp3) is 0.529. The van der Waals surface area contributed by atoms with Crippen LogP contribution in [0.2, 0.25) is 0 Å². The number of piperidine rings is 1. The van der Waals surface area contributed by atoms with E-state index in [1.807, 2.05) is 45.0 Å². The summed E-state index contributed by atoms with van der Waals surface area (Å²) in [7, 11) is -1.31. The normalized spacial score (nSPS) is 17.9. The number of carbonyl (C=O) groups is 1. The van der Waals surface area contributed by atoms with Crippen LogP contribution in [0.1, 0.15) is 33.6 Å². The maximum Gasteiger partial charge on any atom is 0.410 e. The van der Waals surface area contributed by atoms with Crippen LogP contribution in [0.5, 0.6) is 0 Å². The number of hydrogen-bond donors (Lipinski definition) is 0. The van der Waals surface area contributed by atoms with E-state index in [2.05, 4.69) is 4.98 Å². The van der Waals surface area contributed by atoms with Gasteiger partial charge in [0.05, 0.1) is 0 Å². The first kappa shape index (κ1) is 17.0. The van der Waals surface area contributed by atoms with Crippen molar-refractivity contribution in [2.45, 2.75) is 49.7 Å². The van der Waals surface area contributed by atoms with Crippen LogP contribution in [0.15, 0.2) is 33.9 Å². The van der Waals surface area contributed by atoms with Gasteiger partial charge in [0.15, 0.2) is 5.58 Å². The fourth-order valence-corrected chi connectivity index (χ4v) is 3.94. The Kier molecular flexibility index (Phi) is 4.62. The molecule has 1 amide bonds. The lowest BCUT2D eigenvalue weighted by Crippen LogP contribution is -2.43. The molecule has 24 heavy (non-hydrogen) atoms. The molecule has 2 heterocycles. The highest BCUT2D eigenvalue weighted by atomic mass is 32.2. The van der Waals surface area contributed by atoms with E-state index in [0.29, 0.717) is 37.0 Å². The number of benzene rings is 1. The average Bonchev–Trinajstić information content (AvgIpc) is 2.96. The minimum atomic E-state index is -1.31. The third-order valence-electron chi connectivity index (χ3n) is 3.84. The van der Waals surface area contributed by atoms with Crippen molar-refractivity contribution in [3.05, 3.63) is 24.3 Å². The lowest BCUT2D eigenvalue weighted by atomic mass is 10.1. The second-order valence-electron chi connectivity index (χ2n) is 6.91. The predicted octanol–water partition coefficient (Wildman–Crippen LogP) is 3.33. The lowest BCUT2D eigenvalue weighted by molar-refractivity contribution is 0.0218. The van der Waals surface area contributed by atoms with Gasteiger partial charge in [0.1, 0.15) is 21.9 Å². The summed E-state index contributed by atoms with van der Waals surface area (Å²) in [6.45, 7) is 6.61. The Morgan fingerprint density at radius 3 is 2.58 bits per heavy atom. The zero-order valence-electron chi connectivity index (χ0n) is 14.2. The molecule has 0 radical (unpaired) electrons. The van der Waals surface area contributed by atoms with E-state index in [1.54, 1.807) is 4.90 Å². The predicted molar refractivity (Wildman–Crippen MR) is 91.2 cm³/mol. The molecule has 1 fully saturated rings. The smallest absolute Gasteiger partial charge is 0.410 e. The first-order valence-corrected chi connectivity index (χ1v) is 9.29. The van der Waals surface area contributed by atoms with Crippen molar-refractivity contribution in [1.29, 1.82) is 0 Å². The number of nitrogens with zero attached hydrogens (tertiary/aromatic N) is 2. The van der Waals surface area contributed by atoms with Crippen LogP contribution < -0.4 is 0 Å². The molecule has 0 N–H and O–H groups in total. The topological polar surface area (TPSA) is 72.6 Å². The van der Waals surface area contributed by atoms with Gasteiger partial charge >= 0.3 is 6.09 Å². The number of ether oxygens (including phenoxy) is 1. The van der Waals surface area contributed by atoms with E-state index in [1.165, 1.54) is 0 Å². The molecule has 0 spiro atoms. The summed E-state index contributed by atoms with van der Waals surface area (Å²) >= 11 is 0. The van der Waals surface area contributed by atoms with Crippen LogP contribution in [0.25, 0.3) is 11.1 Å². The zero-order chi connectivity index (χ0) is 17.3.